The average Bonchev–Trinajstić information content (AvgIpc) is 2.93. The van der Waals surface area contributed by atoms with Crippen molar-refractivity contribution in [3.05, 3.63) is 16.7 Å². The van der Waals surface area contributed by atoms with E-state index < -0.39 is 5.91 Å². The van der Waals surface area contributed by atoms with Gasteiger partial charge in [-0.2, -0.15) is 4.98 Å². The zero-order valence-electron chi connectivity index (χ0n) is 23.6. The average molecular weight is 567 g/mol. The first-order valence-electron chi connectivity index (χ1n) is 14.5. The number of piperidine rings is 1. The van der Waals surface area contributed by atoms with Gasteiger partial charge in [0.25, 0.3) is 5.91 Å². The molecule has 4 saturated carbocycles. The summed E-state index contributed by atoms with van der Waals surface area (Å²) in [5, 5.41) is 7.18. The van der Waals surface area contributed by atoms with Crippen LogP contribution in [0.1, 0.15) is 87.4 Å². The third-order valence-electron chi connectivity index (χ3n) is 8.64. The topological polar surface area (TPSA) is 141 Å². The molecule has 220 valence electrons. The number of primary amides is 1. The summed E-state index contributed by atoms with van der Waals surface area (Å²) in [6.45, 7) is 3.80. The highest BCUT2D eigenvalue weighted by molar-refractivity contribution is 6.33. The number of rotatable bonds is 9. The first kappa shape index (κ1) is 31.4. The number of aromatic nitrogens is 1. The molecule has 1 saturated heterocycles. The molecule has 5 fully saturated rings. The number of methoxy groups -OCH3 is 1. The molecule has 1 aromatic rings. The number of anilines is 1. The zero-order chi connectivity index (χ0) is 28.4. The van der Waals surface area contributed by atoms with Crippen molar-refractivity contribution in [2.45, 2.75) is 83.2 Å². The maximum absolute atomic E-state index is 12.3. The van der Waals surface area contributed by atoms with E-state index in [0.29, 0.717) is 18.3 Å². The number of pyridine rings is 1. The van der Waals surface area contributed by atoms with Crippen molar-refractivity contribution in [3.63, 3.8) is 0 Å². The quantitative estimate of drug-likeness (QED) is 0.294. The summed E-state index contributed by atoms with van der Waals surface area (Å²) >= 11 is 5.64. The van der Waals surface area contributed by atoms with Crippen LogP contribution >= 0.6 is 11.6 Å². The molecule has 5 N–H and O–H groups in total. The highest BCUT2D eigenvalue weighted by atomic mass is 35.5. The number of halogens is 1. The molecule has 1 aliphatic heterocycles. The van der Waals surface area contributed by atoms with Gasteiger partial charge in [0.2, 0.25) is 5.88 Å². The number of esters is 1. The Morgan fingerprint density at radius 2 is 1.64 bits per heavy atom. The molecule has 0 unspecified atom stereocenters. The number of unbranched alkanes of at least 4 members (excludes halogenated alkanes) is 2. The number of aliphatic hydroxyl groups excluding tert-OH is 1. The molecule has 39 heavy (non-hydrogen) atoms. The van der Waals surface area contributed by atoms with Gasteiger partial charge in [0.15, 0.2) is 0 Å². The number of amides is 1. The van der Waals surface area contributed by atoms with Gasteiger partial charge in [-0.1, -0.05) is 24.4 Å². The Balaban J connectivity index is 0.000000239. The largest absolute Gasteiger partial charge is 0.480 e. The van der Waals surface area contributed by atoms with Gasteiger partial charge < -0.3 is 30.9 Å². The van der Waals surface area contributed by atoms with E-state index >= 15 is 0 Å². The van der Waals surface area contributed by atoms with Crippen molar-refractivity contribution in [2.24, 2.45) is 29.4 Å². The van der Waals surface area contributed by atoms with Gasteiger partial charge in [-0.05, 0) is 107 Å². The number of aliphatic hydroxyl groups is 1. The lowest BCUT2D eigenvalue weighted by atomic mass is 9.55. The number of carbonyl (C=O) groups excluding carboxylic acids is 2. The summed E-state index contributed by atoms with van der Waals surface area (Å²) in [4.78, 5) is 29.4. The second-order valence-corrected chi connectivity index (χ2v) is 11.8. The highest BCUT2D eigenvalue weighted by Crippen LogP contribution is 2.54. The van der Waals surface area contributed by atoms with Crippen LogP contribution in [0.25, 0.3) is 0 Å². The summed E-state index contributed by atoms with van der Waals surface area (Å²) in [5.74, 6) is 2.91. The van der Waals surface area contributed by atoms with Crippen molar-refractivity contribution >= 4 is 29.3 Å². The molecule has 0 aromatic carbocycles. The fourth-order valence-corrected chi connectivity index (χ4v) is 7.21. The van der Waals surface area contributed by atoms with E-state index in [4.69, 9.17) is 37.6 Å². The predicted molar refractivity (Wildman–Crippen MR) is 153 cm³/mol. The van der Waals surface area contributed by atoms with Gasteiger partial charge in [-0.15, -0.1) is 0 Å². The fraction of sp³-hybridized carbons (Fsp3) is 0.759. The van der Waals surface area contributed by atoms with Gasteiger partial charge in [0.1, 0.15) is 17.5 Å². The predicted octanol–water partition coefficient (Wildman–Crippen LogP) is 4.43. The molecule has 0 spiro atoms. The van der Waals surface area contributed by atoms with Gasteiger partial charge in [-0.3, -0.25) is 9.59 Å². The minimum atomic E-state index is -0.661. The van der Waals surface area contributed by atoms with E-state index in [1.807, 2.05) is 0 Å². The molecule has 1 aromatic heterocycles. The van der Waals surface area contributed by atoms with Crippen molar-refractivity contribution < 1.29 is 24.2 Å². The number of nitrogens with two attached hydrogens (primary N) is 2. The number of nitrogen functional groups attached to an aromatic ring is 1. The van der Waals surface area contributed by atoms with E-state index in [9.17, 15) is 9.59 Å². The van der Waals surface area contributed by atoms with E-state index in [2.05, 4.69) is 9.88 Å². The first-order chi connectivity index (χ1) is 18.8. The smallest absolute Gasteiger partial charge is 0.306 e. The molecule has 4 aliphatic carbocycles. The minimum Gasteiger partial charge on any atom is -0.480 e. The number of likely N-dealkylation sites (tertiary alicyclic amines) is 1. The van der Waals surface area contributed by atoms with Crippen molar-refractivity contribution in [1.29, 1.82) is 0 Å². The van der Waals surface area contributed by atoms with Crippen molar-refractivity contribution in [1.82, 2.24) is 9.88 Å². The summed E-state index contributed by atoms with van der Waals surface area (Å²) in [6, 6.07) is 1.32. The van der Waals surface area contributed by atoms with Crippen LogP contribution in [0.15, 0.2) is 6.07 Å². The van der Waals surface area contributed by atoms with Crippen LogP contribution in [0.4, 0.5) is 5.82 Å². The molecule has 0 atom stereocenters. The SMILES string of the molecule is CO.COc1nc(N)c(Cl)cc1C(N)=O.O=C(CCCCCN1CCCCC1)OC1C2CC3CC(C2)CC1C3. The molecule has 4 bridgehead atoms. The van der Waals surface area contributed by atoms with Crippen LogP contribution in [0.2, 0.25) is 5.02 Å². The first-order valence-corrected chi connectivity index (χ1v) is 14.9. The van der Waals surface area contributed by atoms with E-state index in [1.165, 1.54) is 97.0 Å². The van der Waals surface area contributed by atoms with E-state index in [1.54, 1.807) is 0 Å². The van der Waals surface area contributed by atoms with Gasteiger partial charge in [-0.25, -0.2) is 0 Å². The maximum atomic E-state index is 12.3. The maximum Gasteiger partial charge on any atom is 0.306 e. The number of hydrogen-bond acceptors (Lipinski definition) is 8. The molecular weight excluding hydrogens is 520 g/mol. The minimum absolute atomic E-state index is 0.0781. The molecule has 6 rings (SSSR count). The molecular formula is C29H47ClN4O5. The second-order valence-electron chi connectivity index (χ2n) is 11.4. The molecule has 2 heterocycles. The molecule has 0 radical (unpaired) electrons. The molecule has 5 aliphatic rings. The second kappa shape index (κ2) is 15.6. The van der Waals surface area contributed by atoms with Crippen LogP contribution in [0.5, 0.6) is 5.88 Å². The zero-order valence-corrected chi connectivity index (χ0v) is 24.3. The number of hydrogen-bond donors (Lipinski definition) is 3. The Morgan fingerprint density at radius 1 is 1.03 bits per heavy atom. The lowest BCUT2D eigenvalue weighted by Gasteiger charge is -2.53. The Hall–Kier alpha value is -2.10. The third kappa shape index (κ3) is 8.95. The summed E-state index contributed by atoms with van der Waals surface area (Å²) in [5.41, 5.74) is 10.6. The van der Waals surface area contributed by atoms with Crippen LogP contribution in [0, 0.1) is 23.7 Å². The Labute approximate surface area is 237 Å². The fourth-order valence-electron chi connectivity index (χ4n) is 7.06. The standard InChI is InChI=1S/C21H35NO2.C7H8ClN3O2.CH4O/c23-20(7-3-1-4-8-22-9-5-2-6-10-22)24-21-18-12-16-11-17(14-18)15-19(21)13-16;1-13-7-3(6(10)12)2-4(8)5(9)11-7;1-2/h16-19,21H,1-15H2;2H,1H3,(H2,9,11)(H2,10,12);2H,1H3. The number of carbonyl (C=O) groups is 2. The van der Waals surface area contributed by atoms with Gasteiger partial charge >= 0.3 is 5.97 Å². The Morgan fingerprint density at radius 3 is 2.21 bits per heavy atom. The van der Waals surface area contributed by atoms with Gasteiger partial charge in [0, 0.05) is 13.5 Å². The molecule has 9 nitrogen and oxygen atoms in total. The van der Waals surface area contributed by atoms with E-state index in [-0.39, 0.29) is 34.4 Å². The monoisotopic (exact) mass is 566 g/mol. The van der Waals surface area contributed by atoms with Crippen molar-refractivity contribution in [3.8, 4) is 5.88 Å². The number of nitrogens with zero attached hydrogens (tertiary/aromatic N) is 2. The normalized spacial score (nSPS) is 27.0. The van der Waals surface area contributed by atoms with Crippen molar-refractivity contribution in [2.75, 3.05) is 39.6 Å². The lowest BCUT2D eigenvalue weighted by Crippen LogP contribution is -2.50. The van der Waals surface area contributed by atoms with E-state index in [0.717, 1.165) is 25.4 Å². The summed E-state index contributed by atoms with van der Waals surface area (Å²) in [6.07, 6.45) is 15.3. The lowest BCUT2D eigenvalue weighted by molar-refractivity contribution is -0.170. The summed E-state index contributed by atoms with van der Waals surface area (Å²) < 4.78 is 10.8. The van der Waals surface area contributed by atoms with Crippen LogP contribution < -0.4 is 16.2 Å². The van der Waals surface area contributed by atoms with Gasteiger partial charge in [0.05, 0.1) is 12.1 Å². The van der Waals surface area contributed by atoms with Crippen LogP contribution in [0.3, 0.4) is 0 Å². The Kier molecular flexibility index (Phi) is 12.6. The van der Waals surface area contributed by atoms with Crippen LogP contribution in [-0.2, 0) is 9.53 Å². The number of ether oxygens (including phenoxy) is 2. The Bertz CT molecular complexity index is 912. The molecule has 10 heteroatoms. The highest BCUT2D eigenvalue weighted by Gasteiger charge is 2.49. The summed E-state index contributed by atoms with van der Waals surface area (Å²) in [7, 11) is 2.36. The third-order valence-corrected chi connectivity index (χ3v) is 8.94. The van der Waals surface area contributed by atoms with Crippen LogP contribution in [-0.4, -0.2) is 66.8 Å². The molecule has 1 amide bonds.